The molecular weight excluding hydrogens is 222 g/mol. The van der Waals surface area contributed by atoms with Crippen LogP contribution in [0, 0.1) is 0 Å². The van der Waals surface area contributed by atoms with Gasteiger partial charge in [-0.3, -0.25) is 0 Å². The number of likely N-dealkylation sites (N-methyl/N-ethyl adjacent to an activating group) is 2. The Hall–Kier alpha value is -0.120. The zero-order chi connectivity index (χ0) is 13.0. The highest BCUT2D eigenvalue weighted by Crippen LogP contribution is 2.25. The van der Waals surface area contributed by atoms with Gasteiger partial charge >= 0.3 is 0 Å². The number of nitrogens with one attached hydrogen (secondary N) is 1. The summed E-state index contributed by atoms with van der Waals surface area (Å²) < 4.78 is 0. The Labute approximate surface area is 113 Å². The lowest BCUT2D eigenvalue weighted by Gasteiger charge is -2.33. The van der Waals surface area contributed by atoms with Gasteiger partial charge in [0, 0.05) is 24.7 Å². The molecule has 18 heavy (non-hydrogen) atoms. The minimum Gasteiger partial charge on any atom is -0.312 e. The Balaban J connectivity index is 1.81. The Morgan fingerprint density at radius 1 is 1.22 bits per heavy atom. The number of likely N-dealkylation sites (tertiary alicyclic amines) is 1. The molecule has 1 N–H and O–H groups in total. The molecular formula is C15H31N3. The maximum absolute atomic E-state index is 3.74. The molecule has 2 fully saturated rings. The summed E-state index contributed by atoms with van der Waals surface area (Å²) in [6, 6.07) is 2.30. The zero-order valence-corrected chi connectivity index (χ0v) is 12.5. The Morgan fingerprint density at radius 3 is 2.72 bits per heavy atom. The summed E-state index contributed by atoms with van der Waals surface area (Å²) in [5.74, 6) is 0. The van der Waals surface area contributed by atoms with Crippen LogP contribution in [0.3, 0.4) is 0 Å². The van der Waals surface area contributed by atoms with E-state index in [0.29, 0.717) is 0 Å². The van der Waals surface area contributed by atoms with E-state index in [4.69, 9.17) is 0 Å². The monoisotopic (exact) mass is 253 g/mol. The molecule has 0 amide bonds. The predicted molar refractivity (Wildman–Crippen MR) is 78.0 cm³/mol. The highest BCUT2D eigenvalue weighted by molar-refractivity contribution is 4.91. The third-order valence-electron chi connectivity index (χ3n) is 4.87. The topological polar surface area (TPSA) is 18.5 Å². The molecule has 1 heterocycles. The largest absolute Gasteiger partial charge is 0.312 e. The molecule has 2 aliphatic rings. The van der Waals surface area contributed by atoms with Crippen molar-refractivity contribution in [2.75, 3.05) is 33.7 Å². The van der Waals surface area contributed by atoms with Crippen molar-refractivity contribution in [3.8, 4) is 0 Å². The van der Waals surface area contributed by atoms with E-state index in [1.165, 1.54) is 58.2 Å². The number of hydrogen-bond donors (Lipinski definition) is 1. The van der Waals surface area contributed by atoms with E-state index in [-0.39, 0.29) is 0 Å². The third kappa shape index (κ3) is 3.46. The normalized spacial score (nSPS) is 33.7. The quantitative estimate of drug-likeness (QED) is 0.780. The van der Waals surface area contributed by atoms with Crippen molar-refractivity contribution in [1.29, 1.82) is 0 Å². The van der Waals surface area contributed by atoms with Crippen LogP contribution in [-0.4, -0.2) is 61.7 Å². The van der Waals surface area contributed by atoms with Gasteiger partial charge in [-0.1, -0.05) is 13.3 Å². The number of rotatable bonds is 6. The lowest BCUT2D eigenvalue weighted by molar-refractivity contribution is 0.160. The van der Waals surface area contributed by atoms with Gasteiger partial charge in [0.2, 0.25) is 0 Å². The number of hydrogen-bond acceptors (Lipinski definition) is 3. The van der Waals surface area contributed by atoms with Gasteiger partial charge in [0.1, 0.15) is 0 Å². The van der Waals surface area contributed by atoms with Crippen LogP contribution >= 0.6 is 0 Å². The first kappa shape index (κ1) is 14.3. The van der Waals surface area contributed by atoms with E-state index in [1.54, 1.807) is 0 Å². The van der Waals surface area contributed by atoms with Crippen molar-refractivity contribution in [2.24, 2.45) is 0 Å². The van der Waals surface area contributed by atoms with E-state index in [9.17, 15) is 0 Å². The Kier molecular flexibility index (Phi) is 5.46. The molecule has 3 unspecified atom stereocenters. The van der Waals surface area contributed by atoms with Crippen molar-refractivity contribution < 1.29 is 0 Å². The van der Waals surface area contributed by atoms with Gasteiger partial charge in [0.05, 0.1) is 0 Å². The molecule has 0 bridgehead atoms. The summed E-state index contributed by atoms with van der Waals surface area (Å²) in [7, 11) is 4.62. The van der Waals surface area contributed by atoms with Crippen LogP contribution in [0.15, 0.2) is 0 Å². The molecule has 3 nitrogen and oxygen atoms in total. The molecule has 0 spiro atoms. The molecule has 2 rings (SSSR count). The minimum absolute atomic E-state index is 0.738. The second-order valence-corrected chi connectivity index (χ2v) is 6.28. The lowest BCUT2D eigenvalue weighted by atomic mass is 10.1. The van der Waals surface area contributed by atoms with Crippen LogP contribution < -0.4 is 5.32 Å². The van der Waals surface area contributed by atoms with E-state index >= 15 is 0 Å². The molecule has 1 saturated carbocycles. The number of nitrogens with zero attached hydrogens (tertiary/aromatic N) is 2. The van der Waals surface area contributed by atoms with Crippen LogP contribution in [0.4, 0.5) is 0 Å². The van der Waals surface area contributed by atoms with Gasteiger partial charge in [-0.25, -0.2) is 0 Å². The van der Waals surface area contributed by atoms with Crippen molar-refractivity contribution in [1.82, 2.24) is 15.1 Å². The second-order valence-electron chi connectivity index (χ2n) is 6.28. The fourth-order valence-electron chi connectivity index (χ4n) is 3.71. The molecule has 1 saturated heterocycles. The third-order valence-corrected chi connectivity index (χ3v) is 4.87. The van der Waals surface area contributed by atoms with Crippen LogP contribution in [-0.2, 0) is 0 Å². The summed E-state index contributed by atoms with van der Waals surface area (Å²) in [6.07, 6.45) is 8.18. The predicted octanol–water partition coefficient (Wildman–Crippen LogP) is 1.93. The van der Waals surface area contributed by atoms with E-state index < -0.39 is 0 Å². The van der Waals surface area contributed by atoms with Gasteiger partial charge in [-0.15, -0.1) is 0 Å². The maximum Gasteiger partial charge on any atom is 0.0246 e. The summed E-state index contributed by atoms with van der Waals surface area (Å²) in [5.41, 5.74) is 0. The van der Waals surface area contributed by atoms with Crippen molar-refractivity contribution in [2.45, 2.75) is 63.6 Å². The van der Waals surface area contributed by atoms with Gasteiger partial charge < -0.3 is 15.1 Å². The Bertz CT molecular complexity index is 244. The van der Waals surface area contributed by atoms with E-state index in [2.05, 4.69) is 36.1 Å². The minimum atomic E-state index is 0.738. The average Bonchev–Trinajstić information content (AvgIpc) is 2.96. The summed E-state index contributed by atoms with van der Waals surface area (Å²) in [6.45, 7) is 5.98. The van der Waals surface area contributed by atoms with Crippen LogP contribution in [0.5, 0.6) is 0 Å². The van der Waals surface area contributed by atoms with Gasteiger partial charge in [-0.05, 0) is 59.3 Å². The molecule has 0 aromatic carbocycles. The smallest absolute Gasteiger partial charge is 0.0246 e. The van der Waals surface area contributed by atoms with E-state index in [1.807, 2.05) is 0 Å². The molecule has 3 heteroatoms. The second kappa shape index (κ2) is 6.88. The summed E-state index contributed by atoms with van der Waals surface area (Å²) >= 11 is 0. The molecule has 1 aliphatic carbocycles. The molecule has 0 aromatic heterocycles. The van der Waals surface area contributed by atoms with Crippen molar-refractivity contribution in [3.63, 3.8) is 0 Å². The molecule has 1 aliphatic heterocycles. The molecule has 0 aromatic rings. The van der Waals surface area contributed by atoms with Crippen molar-refractivity contribution in [3.05, 3.63) is 0 Å². The maximum atomic E-state index is 3.74. The van der Waals surface area contributed by atoms with Crippen LogP contribution in [0.25, 0.3) is 0 Å². The highest BCUT2D eigenvalue weighted by atomic mass is 15.2. The summed E-state index contributed by atoms with van der Waals surface area (Å²) in [4.78, 5) is 5.17. The van der Waals surface area contributed by atoms with Gasteiger partial charge in [-0.2, -0.15) is 0 Å². The van der Waals surface area contributed by atoms with Crippen LogP contribution in [0.1, 0.15) is 45.4 Å². The van der Waals surface area contributed by atoms with Crippen LogP contribution in [0.2, 0.25) is 0 Å². The highest BCUT2D eigenvalue weighted by Gasteiger charge is 2.32. The van der Waals surface area contributed by atoms with Crippen molar-refractivity contribution >= 4 is 0 Å². The lowest BCUT2D eigenvalue weighted by Crippen LogP contribution is -2.49. The first-order chi connectivity index (χ1) is 8.72. The SMILES string of the molecule is CCCNC1CCCC1N(C)CC1CCCN1C. The zero-order valence-electron chi connectivity index (χ0n) is 12.5. The molecule has 0 radical (unpaired) electrons. The van der Waals surface area contributed by atoms with Gasteiger partial charge in [0.15, 0.2) is 0 Å². The fraction of sp³-hybridized carbons (Fsp3) is 1.00. The fourth-order valence-corrected chi connectivity index (χ4v) is 3.71. The Morgan fingerprint density at radius 2 is 2.06 bits per heavy atom. The summed E-state index contributed by atoms with van der Waals surface area (Å²) in [5, 5.41) is 3.74. The first-order valence-corrected chi connectivity index (χ1v) is 7.86. The molecule has 3 atom stereocenters. The van der Waals surface area contributed by atoms with Gasteiger partial charge in [0.25, 0.3) is 0 Å². The average molecular weight is 253 g/mol. The standard InChI is InChI=1S/C15H31N3/c1-4-10-16-14-8-5-9-15(14)18(3)12-13-7-6-11-17(13)2/h13-16H,4-12H2,1-3H3. The molecule has 106 valence electrons. The first-order valence-electron chi connectivity index (χ1n) is 7.86. The van der Waals surface area contributed by atoms with E-state index in [0.717, 1.165) is 18.1 Å².